The fourth-order valence-electron chi connectivity index (χ4n) is 2.96. The van der Waals surface area contributed by atoms with E-state index < -0.39 is 28.5 Å². The Bertz CT molecular complexity index is 917. The molecule has 0 fully saturated rings. The Morgan fingerprint density at radius 3 is 2.46 bits per heavy atom. The molecular weight excluding hydrogens is 347 g/mol. The zero-order valence-corrected chi connectivity index (χ0v) is 14.1. The topological polar surface area (TPSA) is 76.7 Å². The van der Waals surface area contributed by atoms with E-state index in [2.05, 4.69) is 20.1 Å². The van der Waals surface area contributed by atoms with E-state index >= 15 is 0 Å². The molecule has 0 aliphatic rings. The quantitative estimate of drug-likeness (QED) is 0.753. The number of hydrogen-bond acceptors (Lipinski definition) is 5. The molecule has 0 saturated carbocycles. The van der Waals surface area contributed by atoms with E-state index in [0.717, 1.165) is 24.7 Å². The summed E-state index contributed by atoms with van der Waals surface area (Å²) in [6.45, 7) is 2.77. The standard InChI is InChI=1S/C17H16F3N5O/c1-16(2,15-14(20)6-21-8-23-15)17(26,7-25-10-22-9-24-25)12-4-3-11(18)5-13(12)19/h3-6,8-10,26H,7H2,1-2H3. The highest BCUT2D eigenvalue weighted by Gasteiger charge is 2.50. The van der Waals surface area contributed by atoms with E-state index in [1.54, 1.807) is 0 Å². The highest BCUT2D eigenvalue weighted by atomic mass is 19.1. The van der Waals surface area contributed by atoms with Crippen molar-refractivity contribution in [2.24, 2.45) is 0 Å². The fraction of sp³-hybridized carbons (Fsp3) is 0.294. The number of aromatic nitrogens is 5. The van der Waals surface area contributed by atoms with Crippen molar-refractivity contribution in [3.8, 4) is 0 Å². The van der Waals surface area contributed by atoms with Crippen molar-refractivity contribution in [3.05, 3.63) is 72.1 Å². The smallest absolute Gasteiger partial charge is 0.163 e. The van der Waals surface area contributed by atoms with Crippen LogP contribution in [0.2, 0.25) is 0 Å². The summed E-state index contributed by atoms with van der Waals surface area (Å²) in [5, 5.41) is 15.5. The molecule has 1 N–H and O–H groups in total. The third kappa shape index (κ3) is 2.94. The average Bonchev–Trinajstić information content (AvgIpc) is 3.07. The van der Waals surface area contributed by atoms with Crippen LogP contribution in [-0.4, -0.2) is 29.8 Å². The van der Waals surface area contributed by atoms with Gasteiger partial charge in [-0.05, 0) is 6.07 Å². The predicted molar refractivity (Wildman–Crippen MR) is 85.3 cm³/mol. The van der Waals surface area contributed by atoms with Crippen molar-refractivity contribution in [1.29, 1.82) is 0 Å². The van der Waals surface area contributed by atoms with Crippen molar-refractivity contribution in [2.45, 2.75) is 31.4 Å². The van der Waals surface area contributed by atoms with Crippen molar-refractivity contribution in [2.75, 3.05) is 0 Å². The van der Waals surface area contributed by atoms with Crippen LogP contribution in [0.1, 0.15) is 25.1 Å². The first kappa shape index (κ1) is 18.0. The van der Waals surface area contributed by atoms with Crippen LogP contribution >= 0.6 is 0 Å². The first-order chi connectivity index (χ1) is 12.3. The van der Waals surface area contributed by atoms with Crippen LogP contribution in [0, 0.1) is 17.5 Å². The Morgan fingerprint density at radius 2 is 1.85 bits per heavy atom. The summed E-state index contributed by atoms with van der Waals surface area (Å²) in [6, 6.07) is 2.81. The minimum Gasteiger partial charge on any atom is -0.382 e. The van der Waals surface area contributed by atoms with Crippen LogP contribution in [0.15, 0.2) is 43.4 Å². The maximum atomic E-state index is 14.5. The molecule has 0 bridgehead atoms. The molecule has 9 heteroatoms. The minimum absolute atomic E-state index is 0.112. The molecule has 26 heavy (non-hydrogen) atoms. The summed E-state index contributed by atoms with van der Waals surface area (Å²) in [5.41, 5.74) is -3.77. The van der Waals surface area contributed by atoms with Crippen molar-refractivity contribution in [3.63, 3.8) is 0 Å². The van der Waals surface area contributed by atoms with Gasteiger partial charge in [-0.25, -0.2) is 32.8 Å². The first-order valence-corrected chi connectivity index (χ1v) is 7.72. The van der Waals surface area contributed by atoms with E-state index in [1.807, 2.05) is 0 Å². The van der Waals surface area contributed by atoms with Crippen molar-refractivity contribution in [1.82, 2.24) is 24.7 Å². The Labute approximate surface area is 147 Å². The molecule has 0 spiro atoms. The van der Waals surface area contributed by atoms with Crippen LogP contribution in [0.5, 0.6) is 0 Å². The summed E-state index contributed by atoms with van der Waals surface area (Å²) in [4.78, 5) is 11.3. The van der Waals surface area contributed by atoms with E-state index in [0.29, 0.717) is 6.07 Å². The zero-order valence-electron chi connectivity index (χ0n) is 14.1. The summed E-state index contributed by atoms with van der Waals surface area (Å²) in [6.07, 6.45) is 4.68. The molecule has 0 aliphatic heterocycles. The van der Waals surface area contributed by atoms with Crippen molar-refractivity contribution >= 4 is 0 Å². The van der Waals surface area contributed by atoms with Gasteiger partial charge in [-0.2, -0.15) is 5.10 Å². The van der Waals surface area contributed by atoms with Gasteiger partial charge in [0.1, 0.15) is 36.2 Å². The second-order valence-corrected chi connectivity index (χ2v) is 6.42. The highest BCUT2D eigenvalue weighted by molar-refractivity contribution is 5.33. The van der Waals surface area contributed by atoms with Gasteiger partial charge in [0.05, 0.1) is 18.4 Å². The Kier molecular flexibility index (Phi) is 4.49. The molecule has 0 aliphatic carbocycles. The molecule has 0 radical (unpaired) electrons. The maximum absolute atomic E-state index is 14.5. The molecule has 2 aromatic heterocycles. The van der Waals surface area contributed by atoms with E-state index in [4.69, 9.17) is 0 Å². The monoisotopic (exact) mass is 363 g/mol. The van der Waals surface area contributed by atoms with Crippen LogP contribution in [0.4, 0.5) is 13.2 Å². The van der Waals surface area contributed by atoms with Gasteiger partial charge in [0.2, 0.25) is 0 Å². The molecule has 2 heterocycles. The second kappa shape index (κ2) is 6.49. The molecule has 0 saturated heterocycles. The lowest BCUT2D eigenvalue weighted by molar-refractivity contribution is -0.0557. The number of aliphatic hydroxyl groups is 1. The molecule has 1 unspecified atom stereocenters. The Balaban J connectivity index is 2.21. The summed E-state index contributed by atoms with van der Waals surface area (Å²) in [7, 11) is 0. The Hall–Kier alpha value is -2.81. The third-order valence-electron chi connectivity index (χ3n) is 4.53. The molecular formula is C17H16F3N5O. The number of hydrogen-bond donors (Lipinski definition) is 1. The minimum atomic E-state index is -2.02. The van der Waals surface area contributed by atoms with E-state index in [1.165, 1.54) is 31.2 Å². The fourth-order valence-corrected chi connectivity index (χ4v) is 2.96. The van der Waals surface area contributed by atoms with Gasteiger partial charge in [0.15, 0.2) is 5.82 Å². The van der Waals surface area contributed by atoms with Gasteiger partial charge in [-0.1, -0.05) is 19.9 Å². The van der Waals surface area contributed by atoms with Gasteiger partial charge >= 0.3 is 0 Å². The summed E-state index contributed by atoms with van der Waals surface area (Å²) < 4.78 is 43.5. The number of rotatable bonds is 5. The lowest BCUT2D eigenvalue weighted by Crippen LogP contribution is -2.50. The summed E-state index contributed by atoms with van der Waals surface area (Å²) >= 11 is 0. The Morgan fingerprint density at radius 1 is 1.08 bits per heavy atom. The van der Waals surface area contributed by atoms with E-state index in [-0.39, 0.29) is 17.8 Å². The first-order valence-electron chi connectivity index (χ1n) is 7.72. The van der Waals surface area contributed by atoms with Crippen LogP contribution < -0.4 is 0 Å². The lowest BCUT2D eigenvalue weighted by Gasteiger charge is -2.42. The maximum Gasteiger partial charge on any atom is 0.163 e. The second-order valence-electron chi connectivity index (χ2n) is 6.42. The summed E-state index contributed by atoms with van der Waals surface area (Å²) in [5.74, 6) is -2.51. The highest BCUT2D eigenvalue weighted by Crippen LogP contribution is 2.44. The van der Waals surface area contributed by atoms with E-state index in [9.17, 15) is 18.3 Å². The molecule has 136 valence electrons. The number of benzene rings is 1. The molecule has 1 aromatic carbocycles. The molecule has 3 rings (SSSR count). The lowest BCUT2D eigenvalue weighted by atomic mass is 9.68. The van der Waals surface area contributed by atoms with Gasteiger partial charge in [-0.15, -0.1) is 0 Å². The average molecular weight is 363 g/mol. The van der Waals surface area contributed by atoms with Crippen LogP contribution in [0.25, 0.3) is 0 Å². The zero-order chi connectivity index (χ0) is 18.9. The van der Waals surface area contributed by atoms with Crippen molar-refractivity contribution < 1.29 is 18.3 Å². The van der Waals surface area contributed by atoms with Gasteiger partial charge in [-0.3, -0.25) is 0 Å². The number of halogens is 3. The molecule has 6 nitrogen and oxygen atoms in total. The normalized spacial score (nSPS) is 14.2. The molecule has 3 aromatic rings. The van der Waals surface area contributed by atoms with Crippen LogP contribution in [0.3, 0.4) is 0 Å². The molecule has 1 atom stereocenters. The number of nitrogens with zero attached hydrogens (tertiary/aromatic N) is 5. The van der Waals surface area contributed by atoms with Crippen LogP contribution in [-0.2, 0) is 17.6 Å². The SMILES string of the molecule is CC(C)(c1ncncc1F)C(O)(Cn1cncn1)c1ccc(F)cc1F. The largest absolute Gasteiger partial charge is 0.382 e. The van der Waals surface area contributed by atoms with Gasteiger partial charge in [0.25, 0.3) is 0 Å². The molecule has 0 amide bonds. The third-order valence-corrected chi connectivity index (χ3v) is 4.53. The predicted octanol–water partition coefficient (Wildman–Crippen LogP) is 2.35. The van der Waals surface area contributed by atoms with Gasteiger partial charge in [0, 0.05) is 17.0 Å². The van der Waals surface area contributed by atoms with Gasteiger partial charge < -0.3 is 5.11 Å².